The highest BCUT2D eigenvalue weighted by atomic mass is 32.1. The van der Waals surface area contributed by atoms with Crippen LogP contribution in [0.5, 0.6) is 0 Å². The summed E-state index contributed by atoms with van der Waals surface area (Å²) in [5, 5.41) is 3.94. The summed E-state index contributed by atoms with van der Waals surface area (Å²) in [6.45, 7) is 0. The molecule has 21 heavy (non-hydrogen) atoms. The molecule has 0 aliphatic carbocycles. The van der Waals surface area contributed by atoms with Crippen LogP contribution >= 0.6 is 12.6 Å². The van der Waals surface area contributed by atoms with Gasteiger partial charge in [0.15, 0.2) is 0 Å². The van der Waals surface area contributed by atoms with Gasteiger partial charge in [0.2, 0.25) is 5.91 Å². The summed E-state index contributed by atoms with van der Waals surface area (Å²) in [5.41, 5.74) is 2.50. The molecule has 1 heterocycles. The topological polar surface area (TPSA) is 42.0 Å². The van der Waals surface area contributed by atoms with Crippen LogP contribution in [0.25, 0.3) is 10.9 Å². The molecule has 0 unspecified atom stereocenters. The van der Waals surface area contributed by atoms with Gasteiger partial charge in [-0.15, -0.1) is 12.6 Å². The highest BCUT2D eigenvalue weighted by Crippen LogP contribution is 2.20. The quantitative estimate of drug-likeness (QED) is 0.723. The SMILES string of the molecule is O=C(Cc1ccc(S)cc1)Nc1cccc2cccnc12. The van der Waals surface area contributed by atoms with Gasteiger partial charge in [0.1, 0.15) is 0 Å². The lowest BCUT2D eigenvalue weighted by Crippen LogP contribution is -2.14. The van der Waals surface area contributed by atoms with Crippen molar-refractivity contribution in [3.63, 3.8) is 0 Å². The van der Waals surface area contributed by atoms with Crippen LogP contribution in [0.4, 0.5) is 5.69 Å². The maximum atomic E-state index is 12.2. The first-order valence-electron chi connectivity index (χ1n) is 6.64. The average molecular weight is 294 g/mol. The van der Waals surface area contributed by atoms with Crippen molar-refractivity contribution in [3.8, 4) is 0 Å². The van der Waals surface area contributed by atoms with Gasteiger partial charge in [-0.1, -0.05) is 30.3 Å². The van der Waals surface area contributed by atoms with E-state index in [1.165, 1.54) is 0 Å². The first-order chi connectivity index (χ1) is 10.2. The van der Waals surface area contributed by atoms with Crippen LogP contribution in [0.3, 0.4) is 0 Å². The predicted octanol–water partition coefficient (Wildman–Crippen LogP) is 3.70. The largest absolute Gasteiger partial charge is 0.324 e. The van der Waals surface area contributed by atoms with Crippen molar-refractivity contribution in [2.45, 2.75) is 11.3 Å². The number of nitrogens with zero attached hydrogens (tertiary/aromatic N) is 1. The molecule has 104 valence electrons. The minimum absolute atomic E-state index is 0.0555. The van der Waals surface area contributed by atoms with E-state index in [4.69, 9.17) is 0 Å². The van der Waals surface area contributed by atoms with Crippen LogP contribution in [0.2, 0.25) is 0 Å². The smallest absolute Gasteiger partial charge is 0.228 e. The zero-order valence-electron chi connectivity index (χ0n) is 11.3. The Morgan fingerprint density at radius 1 is 1.05 bits per heavy atom. The van der Waals surface area contributed by atoms with E-state index in [-0.39, 0.29) is 5.91 Å². The number of rotatable bonds is 3. The van der Waals surface area contributed by atoms with Gasteiger partial charge in [0, 0.05) is 16.5 Å². The van der Waals surface area contributed by atoms with Crippen molar-refractivity contribution in [3.05, 3.63) is 66.4 Å². The summed E-state index contributed by atoms with van der Waals surface area (Å²) >= 11 is 4.23. The second-order valence-electron chi connectivity index (χ2n) is 4.77. The monoisotopic (exact) mass is 294 g/mol. The molecule has 2 aromatic carbocycles. The van der Waals surface area contributed by atoms with Gasteiger partial charge in [-0.2, -0.15) is 0 Å². The first-order valence-corrected chi connectivity index (χ1v) is 7.08. The number of para-hydroxylation sites is 1. The van der Waals surface area contributed by atoms with E-state index in [2.05, 4.69) is 22.9 Å². The van der Waals surface area contributed by atoms with Gasteiger partial charge < -0.3 is 5.32 Å². The Bertz CT molecular complexity index is 779. The zero-order chi connectivity index (χ0) is 14.7. The molecule has 3 aromatic rings. The summed E-state index contributed by atoms with van der Waals surface area (Å²) in [7, 11) is 0. The highest BCUT2D eigenvalue weighted by molar-refractivity contribution is 7.80. The number of anilines is 1. The fourth-order valence-electron chi connectivity index (χ4n) is 2.20. The summed E-state index contributed by atoms with van der Waals surface area (Å²) < 4.78 is 0. The zero-order valence-corrected chi connectivity index (χ0v) is 12.2. The van der Waals surface area contributed by atoms with Crippen molar-refractivity contribution >= 4 is 35.1 Å². The number of thiol groups is 1. The predicted molar refractivity (Wildman–Crippen MR) is 87.8 cm³/mol. The summed E-state index contributed by atoms with van der Waals surface area (Å²) in [4.78, 5) is 17.4. The number of fused-ring (bicyclic) bond motifs is 1. The average Bonchev–Trinajstić information content (AvgIpc) is 2.50. The molecule has 1 N–H and O–H groups in total. The van der Waals surface area contributed by atoms with E-state index < -0.39 is 0 Å². The Balaban J connectivity index is 1.79. The minimum Gasteiger partial charge on any atom is -0.324 e. The lowest BCUT2D eigenvalue weighted by atomic mass is 10.1. The fourth-order valence-corrected chi connectivity index (χ4v) is 2.35. The van der Waals surface area contributed by atoms with Crippen LogP contribution < -0.4 is 5.32 Å². The molecule has 0 bridgehead atoms. The number of hydrogen-bond acceptors (Lipinski definition) is 3. The molecular weight excluding hydrogens is 280 g/mol. The maximum absolute atomic E-state index is 12.2. The van der Waals surface area contributed by atoms with Crippen molar-refractivity contribution in [1.29, 1.82) is 0 Å². The Labute approximate surface area is 128 Å². The molecule has 0 aliphatic rings. The van der Waals surface area contributed by atoms with Gasteiger partial charge in [0.25, 0.3) is 0 Å². The number of carbonyl (C=O) groups is 1. The molecule has 0 radical (unpaired) electrons. The van der Waals surface area contributed by atoms with Crippen LogP contribution in [0.15, 0.2) is 65.7 Å². The third-order valence-electron chi connectivity index (χ3n) is 3.21. The number of nitrogens with one attached hydrogen (secondary N) is 1. The standard InChI is InChI=1S/C17H14N2OS/c20-16(11-12-6-8-14(21)9-7-12)19-15-5-1-3-13-4-2-10-18-17(13)15/h1-10,21H,11H2,(H,19,20). The molecule has 0 saturated carbocycles. The van der Waals surface area contributed by atoms with Crippen molar-refractivity contribution in [2.24, 2.45) is 0 Å². The molecular formula is C17H14N2OS. The van der Waals surface area contributed by atoms with Crippen LogP contribution in [-0.2, 0) is 11.2 Å². The molecule has 0 aliphatic heterocycles. The minimum atomic E-state index is -0.0555. The van der Waals surface area contributed by atoms with Gasteiger partial charge in [-0.25, -0.2) is 0 Å². The van der Waals surface area contributed by atoms with E-state index in [9.17, 15) is 4.79 Å². The summed E-state index contributed by atoms with van der Waals surface area (Å²) in [6.07, 6.45) is 2.06. The maximum Gasteiger partial charge on any atom is 0.228 e. The highest BCUT2D eigenvalue weighted by Gasteiger charge is 2.07. The molecule has 4 heteroatoms. The number of carbonyl (C=O) groups excluding carboxylic acids is 1. The van der Waals surface area contributed by atoms with E-state index >= 15 is 0 Å². The third-order valence-corrected chi connectivity index (χ3v) is 3.51. The van der Waals surface area contributed by atoms with Crippen molar-refractivity contribution < 1.29 is 4.79 Å². The third kappa shape index (κ3) is 3.23. The molecule has 1 amide bonds. The number of hydrogen-bond donors (Lipinski definition) is 2. The lowest BCUT2D eigenvalue weighted by molar-refractivity contribution is -0.115. The molecule has 3 rings (SSSR count). The van der Waals surface area contributed by atoms with Gasteiger partial charge in [-0.3, -0.25) is 9.78 Å². The summed E-state index contributed by atoms with van der Waals surface area (Å²) in [6, 6.07) is 17.2. The molecule has 0 atom stereocenters. The van der Waals surface area contributed by atoms with Gasteiger partial charge >= 0.3 is 0 Å². The first kappa shape index (κ1) is 13.6. The van der Waals surface area contributed by atoms with Gasteiger partial charge in [0.05, 0.1) is 17.6 Å². The number of aromatic nitrogens is 1. The number of amides is 1. The lowest BCUT2D eigenvalue weighted by Gasteiger charge is -2.08. The second-order valence-corrected chi connectivity index (χ2v) is 5.29. The normalized spacial score (nSPS) is 10.5. The molecule has 1 aromatic heterocycles. The van der Waals surface area contributed by atoms with Gasteiger partial charge in [-0.05, 0) is 29.8 Å². The van der Waals surface area contributed by atoms with Crippen LogP contribution in [0.1, 0.15) is 5.56 Å². The molecule has 3 nitrogen and oxygen atoms in total. The summed E-state index contributed by atoms with van der Waals surface area (Å²) in [5.74, 6) is -0.0555. The molecule has 0 spiro atoms. The fraction of sp³-hybridized carbons (Fsp3) is 0.0588. The van der Waals surface area contributed by atoms with Crippen molar-refractivity contribution in [2.75, 3.05) is 5.32 Å². The van der Waals surface area contributed by atoms with Crippen LogP contribution in [-0.4, -0.2) is 10.9 Å². The molecule has 0 fully saturated rings. The number of benzene rings is 2. The van der Waals surface area contributed by atoms with E-state index in [1.54, 1.807) is 6.20 Å². The Morgan fingerprint density at radius 2 is 1.81 bits per heavy atom. The van der Waals surface area contributed by atoms with E-state index in [0.29, 0.717) is 6.42 Å². The molecule has 0 saturated heterocycles. The van der Waals surface area contributed by atoms with E-state index in [0.717, 1.165) is 27.0 Å². The Morgan fingerprint density at radius 3 is 2.62 bits per heavy atom. The van der Waals surface area contributed by atoms with Crippen molar-refractivity contribution in [1.82, 2.24) is 4.98 Å². The Hall–Kier alpha value is -2.33. The van der Waals surface area contributed by atoms with E-state index in [1.807, 2.05) is 54.6 Å². The van der Waals surface area contributed by atoms with Crippen LogP contribution in [0, 0.1) is 0 Å². The second kappa shape index (κ2) is 5.97. The Kier molecular flexibility index (Phi) is 3.88. The number of pyridine rings is 1.